The summed E-state index contributed by atoms with van der Waals surface area (Å²) < 4.78 is 11.8. The van der Waals surface area contributed by atoms with Gasteiger partial charge in [-0.05, 0) is 46.5 Å². The van der Waals surface area contributed by atoms with Gasteiger partial charge in [0.05, 0.1) is 24.4 Å². The van der Waals surface area contributed by atoms with Crippen LogP contribution in [0.1, 0.15) is 87.5 Å². The third-order valence-corrected chi connectivity index (χ3v) is 6.38. The zero-order chi connectivity index (χ0) is 26.1. The van der Waals surface area contributed by atoms with E-state index in [1.54, 1.807) is 0 Å². The van der Waals surface area contributed by atoms with E-state index in [9.17, 15) is 19.2 Å². The molecule has 34 heavy (non-hydrogen) atoms. The molecular formula is C26H46N2O6. The number of nitrogens with one attached hydrogen (secondary N) is 1. The Morgan fingerprint density at radius 1 is 0.971 bits per heavy atom. The fourth-order valence-electron chi connectivity index (χ4n) is 3.76. The van der Waals surface area contributed by atoms with E-state index in [0.717, 1.165) is 0 Å². The molecule has 1 heterocycles. The molecule has 8 nitrogen and oxygen atoms in total. The lowest BCUT2D eigenvalue weighted by molar-refractivity contribution is -0.140. The molecule has 0 bridgehead atoms. The zero-order valence-corrected chi connectivity index (χ0v) is 22.5. The Kier molecular flexibility index (Phi) is 11.9. The first-order valence-electron chi connectivity index (χ1n) is 12.6. The number of likely N-dealkylation sites (tertiary alicyclic amines) is 1. The maximum atomic E-state index is 12.3. The normalized spacial score (nSPS) is 17.2. The third-order valence-electron chi connectivity index (χ3n) is 6.38. The average Bonchev–Trinajstić information content (AvgIpc) is 3.01. The summed E-state index contributed by atoms with van der Waals surface area (Å²) in [6.45, 7) is 17.0. The van der Waals surface area contributed by atoms with Crippen molar-refractivity contribution in [1.82, 2.24) is 10.2 Å². The molecule has 8 heteroatoms. The first-order valence-corrected chi connectivity index (χ1v) is 12.6. The lowest BCUT2D eigenvalue weighted by Crippen LogP contribution is -2.37. The number of amides is 3. The van der Waals surface area contributed by atoms with Crippen molar-refractivity contribution >= 4 is 23.5 Å². The number of imide groups is 1. The minimum Gasteiger partial charge on any atom is -0.373 e. The molecule has 1 atom stereocenters. The van der Waals surface area contributed by atoms with E-state index < -0.39 is 5.60 Å². The second-order valence-electron chi connectivity index (χ2n) is 11.1. The Bertz CT molecular complexity index is 714. The van der Waals surface area contributed by atoms with E-state index in [2.05, 4.69) is 5.32 Å². The number of nitrogens with zero attached hydrogens (tertiary/aromatic N) is 1. The molecule has 0 aromatic carbocycles. The molecular weight excluding hydrogens is 436 g/mol. The summed E-state index contributed by atoms with van der Waals surface area (Å²) in [4.78, 5) is 49.6. The van der Waals surface area contributed by atoms with Gasteiger partial charge in [0.15, 0.2) is 0 Å². The van der Waals surface area contributed by atoms with Crippen LogP contribution in [-0.2, 0) is 28.7 Å². The van der Waals surface area contributed by atoms with Crippen molar-refractivity contribution in [3.05, 3.63) is 0 Å². The number of rotatable bonds is 16. The van der Waals surface area contributed by atoms with E-state index in [4.69, 9.17) is 9.47 Å². The average molecular weight is 483 g/mol. The molecule has 0 saturated carbocycles. The Hall–Kier alpha value is -1.80. The van der Waals surface area contributed by atoms with Crippen molar-refractivity contribution in [3.8, 4) is 0 Å². The number of ether oxygens (including phenoxy) is 2. The fraction of sp³-hybridized carbons (Fsp3) is 0.846. The summed E-state index contributed by atoms with van der Waals surface area (Å²) in [5, 5.41) is 2.85. The summed E-state index contributed by atoms with van der Waals surface area (Å²) >= 11 is 0. The minimum absolute atomic E-state index is 0.0443. The third kappa shape index (κ3) is 10.6. The van der Waals surface area contributed by atoms with Crippen molar-refractivity contribution in [3.63, 3.8) is 0 Å². The van der Waals surface area contributed by atoms with Gasteiger partial charge in [0.1, 0.15) is 5.78 Å². The molecule has 1 saturated heterocycles. The van der Waals surface area contributed by atoms with Gasteiger partial charge in [0.2, 0.25) is 17.7 Å². The van der Waals surface area contributed by atoms with Crippen molar-refractivity contribution < 1.29 is 28.7 Å². The van der Waals surface area contributed by atoms with Gasteiger partial charge in [-0.1, -0.05) is 27.7 Å². The van der Waals surface area contributed by atoms with Crippen LogP contribution in [0.2, 0.25) is 0 Å². The van der Waals surface area contributed by atoms with Gasteiger partial charge < -0.3 is 14.8 Å². The molecule has 1 unspecified atom stereocenters. The highest BCUT2D eigenvalue weighted by atomic mass is 16.5. The van der Waals surface area contributed by atoms with Gasteiger partial charge in [-0.3, -0.25) is 24.1 Å². The molecule has 1 aliphatic rings. The number of carbonyl (C=O) groups is 4. The second-order valence-corrected chi connectivity index (χ2v) is 11.1. The van der Waals surface area contributed by atoms with Crippen LogP contribution >= 0.6 is 0 Å². The van der Waals surface area contributed by atoms with E-state index in [0.29, 0.717) is 39.0 Å². The lowest BCUT2D eigenvalue weighted by atomic mass is 9.94. The molecule has 0 aliphatic carbocycles. The van der Waals surface area contributed by atoms with Crippen LogP contribution < -0.4 is 5.32 Å². The fourth-order valence-corrected chi connectivity index (χ4v) is 3.76. The number of carbonyl (C=O) groups excluding carboxylic acids is 4. The van der Waals surface area contributed by atoms with E-state index in [1.807, 2.05) is 55.4 Å². The maximum absolute atomic E-state index is 12.3. The first-order chi connectivity index (χ1) is 15.6. The van der Waals surface area contributed by atoms with E-state index >= 15 is 0 Å². The van der Waals surface area contributed by atoms with Crippen LogP contribution in [0, 0.1) is 17.8 Å². The standard InChI is InChI=1S/C26H46N2O6/c1-18(2)20-17-23(31)28(24(20)32)14-10-22(30)27-13-12-26(7,8)34-16-15-33-25(5,6)11-9-21(29)19(3)4/h18-20H,9-17H2,1-8H3,(H,27,30). The monoisotopic (exact) mass is 482 g/mol. The van der Waals surface area contributed by atoms with Gasteiger partial charge in [-0.15, -0.1) is 0 Å². The summed E-state index contributed by atoms with van der Waals surface area (Å²) in [5.74, 6) is -0.418. The largest absolute Gasteiger partial charge is 0.373 e. The van der Waals surface area contributed by atoms with Crippen LogP contribution in [0.5, 0.6) is 0 Å². The summed E-state index contributed by atoms with van der Waals surface area (Å²) in [5.41, 5.74) is -0.834. The Morgan fingerprint density at radius 3 is 2.03 bits per heavy atom. The van der Waals surface area contributed by atoms with E-state index in [1.165, 1.54) is 4.90 Å². The van der Waals surface area contributed by atoms with Crippen LogP contribution in [0.4, 0.5) is 0 Å². The summed E-state index contributed by atoms with van der Waals surface area (Å²) in [6.07, 6.45) is 2.13. The number of Topliss-reactive ketones (excluding diaryl/α,β-unsaturated/α-hetero) is 1. The molecule has 0 aromatic heterocycles. The van der Waals surface area contributed by atoms with Crippen LogP contribution in [0.3, 0.4) is 0 Å². The Balaban J connectivity index is 2.25. The zero-order valence-electron chi connectivity index (χ0n) is 22.5. The Labute approximate surface area is 205 Å². The van der Waals surface area contributed by atoms with Crippen LogP contribution in [0.15, 0.2) is 0 Å². The topological polar surface area (TPSA) is 102 Å². The molecule has 0 radical (unpaired) electrons. The SMILES string of the molecule is CC(C)C(=O)CCC(C)(C)OCCOC(C)(C)CCNC(=O)CCN1C(=O)CC(C(C)C)C1=O. The highest BCUT2D eigenvalue weighted by Gasteiger charge is 2.39. The van der Waals surface area contributed by atoms with Crippen molar-refractivity contribution in [2.45, 2.75) is 98.7 Å². The highest BCUT2D eigenvalue weighted by Crippen LogP contribution is 2.26. The Morgan fingerprint density at radius 2 is 1.53 bits per heavy atom. The van der Waals surface area contributed by atoms with Gasteiger partial charge in [-0.2, -0.15) is 0 Å². The van der Waals surface area contributed by atoms with Gasteiger partial charge in [0.25, 0.3) is 0 Å². The van der Waals surface area contributed by atoms with E-state index in [-0.39, 0.29) is 66.2 Å². The molecule has 1 N–H and O–H groups in total. The molecule has 0 aromatic rings. The van der Waals surface area contributed by atoms with Gasteiger partial charge in [0, 0.05) is 44.2 Å². The molecule has 0 spiro atoms. The quantitative estimate of drug-likeness (QED) is 0.267. The van der Waals surface area contributed by atoms with Crippen molar-refractivity contribution in [2.75, 3.05) is 26.3 Å². The number of hydrogen-bond acceptors (Lipinski definition) is 6. The lowest BCUT2D eigenvalue weighted by Gasteiger charge is -2.28. The second kappa shape index (κ2) is 13.3. The molecule has 1 rings (SSSR count). The van der Waals surface area contributed by atoms with Crippen LogP contribution in [0.25, 0.3) is 0 Å². The van der Waals surface area contributed by atoms with Crippen molar-refractivity contribution in [1.29, 1.82) is 0 Å². The summed E-state index contributed by atoms with van der Waals surface area (Å²) in [6, 6.07) is 0. The maximum Gasteiger partial charge on any atom is 0.233 e. The smallest absolute Gasteiger partial charge is 0.233 e. The molecule has 3 amide bonds. The van der Waals surface area contributed by atoms with Gasteiger partial charge >= 0.3 is 0 Å². The predicted molar refractivity (Wildman–Crippen MR) is 131 cm³/mol. The molecule has 1 fully saturated rings. The van der Waals surface area contributed by atoms with Crippen molar-refractivity contribution in [2.24, 2.45) is 17.8 Å². The van der Waals surface area contributed by atoms with Crippen LogP contribution in [-0.4, -0.2) is 65.9 Å². The number of hydrogen-bond donors (Lipinski definition) is 1. The minimum atomic E-state index is -0.445. The van der Waals surface area contributed by atoms with Gasteiger partial charge in [-0.25, -0.2) is 0 Å². The molecule has 196 valence electrons. The number of ketones is 1. The highest BCUT2D eigenvalue weighted by molar-refractivity contribution is 6.03. The molecule has 1 aliphatic heterocycles. The predicted octanol–water partition coefficient (Wildman–Crippen LogP) is 3.51. The summed E-state index contributed by atoms with van der Waals surface area (Å²) in [7, 11) is 0. The first kappa shape index (κ1) is 30.2.